The van der Waals surface area contributed by atoms with E-state index in [9.17, 15) is 13.2 Å². The minimum Gasteiger partial charge on any atom is -0.481 e. The van der Waals surface area contributed by atoms with Gasteiger partial charge in [-0.25, -0.2) is 8.42 Å². The Morgan fingerprint density at radius 2 is 1.91 bits per heavy atom. The van der Waals surface area contributed by atoms with Gasteiger partial charge in [0, 0.05) is 25.7 Å². The standard InChI is InChI=1S/C15H22N2O4S/c1-12-14(10-15(18)19)17(22(2,20)21)9-8-16(12)11-13-6-4-3-5-7-13/h3-7,12,14H,8-11H2,1-2H3,(H,18,19)/t12-,14+/m1/s1. The van der Waals surface area contributed by atoms with Gasteiger partial charge >= 0.3 is 5.97 Å². The number of carboxylic acids is 1. The molecule has 22 heavy (non-hydrogen) atoms. The topological polar surface area (TPSA) is 77.9 Å². The van der Waals surface area contributed by atoms with Crippen LogP contribution in [-0.4, -0.2) is 60.1 Å². The zero-order chi connectivity index (χ0) is 16.3. The number of rotatable bonds is 5. The van der Waals surface area contributed by atoms with Crippen molar-refractivity contribution in [1.82, 2.24) is 9.21 Å². The second-order valence-corrected chi connectivity index (χ2v) is 7.67. The molecule has 7 heteroatoms. The van der Waals surface area contributed by atoms with E-state index in [4.69, 9.17) is 5.11 Å². The zero-order valence-corrected chi connectivity index (χ0v) is 13.7. The van der Waals surface area contributed by atoms with E-state index in [0.717, 1.165) is 11.8 Å². The fourth-order valence-electron chi connectivity index (χ4n) is 2.98. The third-order valence-corrected chi connectivity index (χ3v) is 5.45. The fourth-order valence-corrected chi connectivity index (χ4v) is 4.14. The van der Waals surface area contributed by atoms with E-state index in [2.05, 4.69) is 4.90 Å². The van der Waals surface area contributed by atoms with Crippen LogP contribution in [-0.2, 0) is 21.4 Å². The summed E-state index contributed by atoms with van der Waals surface area (Å²) >= 11 is 0. The Bertz CT molecular complexity index is 618. The minimum atomic E-state index is -3.41. The van der Waals surface area contributed by atoms with E-state index in [1.165, 1.54) is 4.31 Å². The van der Waals surface area contributed by atoms with Crippen LogP contribution in [0.3, 0.4) is 0 Å². The van der Waals surface area contributed by atoms with Crippen LogP contribution < -0.4 is 0 Å². The predicted molar refractivity (Wildman–Crippen MR) is 83.9 cm³/mol. The minimum absolute atomic E-state index is 0.153. The number of benzene rings is 1. The second-order valence-electron chi connectivity index (χ2n) is 5.74. The molecule has 122 valence electrons. The number of aliphatic carboxylic acids is 1. The number of hydrogen-bond donors (Lipinski definition) is 1. The molecule has 0 spiro atoms. The summed E-state index contributed by atoms with van der Waals surface area (Å²) in [5, 5.41) is 9.10. The van der Waals surface area contributed by atoms with Gasteiger partial charge in [-0.3, -0.25) is 9.69 Å². The van der Waals surface area contributed by atoms with E-state index >= 15 is 0 Å². The molecule has 0 saturated carbocycles. The van der Waals surface area contributed by atoms with Crippen molar-refractivity contribution in [1.29, 1.82) is 0 Å². The van der Waals surface area contributed by atoms with Crippen LogP contribution in [0.25, 0.3) is 0 Å². The van der Waals surface area contributed by atoms with Crippen LogP contribution in [0.1, 0.15) is 18.9 Å². The number of hydrogen-bond acceptors (Lipinski definition) is 4. The molecule has 0 aromatic heterocycles. The number of carboxylic acid groups (broad SMARTS) is 1. The van der Waals surface area contributed by atoms with Gasteiger partial charge in [-0.05, 0) is 12.5 Å². The highest BCUT2D eigenvalue weighted by Crippen LogP contribution is 2.24. The van der Waals surface area contributed by atoms with Gasteiger partial charge < -0.3 is 5.11 Å². The van der Waals surface area contributed by atoms with E-state index in [1.54, 1.807) is 0 Å². The van der Waals surface area contributed by atoms with Gasteiger partial charge in [0.05, 0.1) is 18.7 Å². The van der Waals surface area contributed by atoms with E-state index < -0.39 is 22.0 Å². The maximum Gasteiger partial charge on any atom is 0.305 e. The van der Waals surface area contributed by atoms with Crippen molar-refractivity contribution in [3.8, 4) is 0 Å². The molecular weight excluding hydrogens is 304 g/mol. The normalized spacial score (nSPS) is 24.3. The van der Waals surface area contributed by atoms with Crippen LogP contribution in [0.5, 0.6) is 0 Å². The fraction of sp³-hybridized carbons (Fsp3) is 0.533. The highest BCUT2D eigenvalue weighted by atomic mass is 32.2. The first-order valence-corrected chi connectivity index (χ1v) is 9.10. The van der Waals surface area contributed by atoms with Crippen LogP contribution in [0.15, 0.2) is 30.3 Å². The van der Waals surface area contributed by atoms with Crippen molar-refractivity contribution < 1.29 is 18.3 Å². The molecule has 1 fully saturated rings. The van der Waals surface area contributed by atoms with Crippen LogP contribution in [0.2, 0.25) is 0 Å². The summed E-state index contributed by atoms with van der Waals surface area (Å²) in [6.45, 7) is 3.51. The van der Waals surface area contributed by atoms with Crippen LogP contribution in [0.4, 0.5) is 0 Å². The summed E-state index contributed by atoms with van der Waals surface area (Å²) in [5.41, 5.74) is 1.14. The number of nitrogens with zero attached hydrogens (tertiary/aromatic N) is 2. The lowest BCUT2D eigenvalue weighted by Gasteiger charge is -2.44. The van der Waals surface area contributed by atoms with E-state index in [-0.39, 0.29) is 12.5 Å². The molecule has 0 aliphatic carbocycles. The van der Waals surface area contributed by atoms with Gasteiger partial charge in [0.1, 0.15) is 0 Å². The molecule has 0 bridgehead atoms. The molecule has 2 rings (SSSR count). The molecule has 1 saturated heterocycles. The molecule has 0 unspecified atom stereocenters. The molecule has 0 amide bonds. The maximum atomic E-state index is 11.9. The molecule has 1 N–H and O–H groups in total. The largest absolute Gasteiger partial charge is 0.481 e. The number of carbonyl (C=O) groups is 1. The first kappa shape index (κ1) is 16.9. The third kappa shape index (κ3) is 4.06. The van der Waals surface area contributed by atoms with Crippen LogP contribution >= 0.6 is 0 Å². The lowest BCUT2D eigenvalue weighted by Crippen LogP contribution is -2.59. The van der Waals surface area contributed by atoms with Gasteiger partial charge in [-0.2, -0.15) is 4.31 Å². The van der Waals surface area contributed by atoms with Gasteiger partial charge in [-0.1, -0.05) is 30.3 Å². The Morgan fingerprint density at radius 1 is 1.27 bits per heavy atom. The van der Waals surface area contributed by atoms with Crippen molar-refractivity contribution in [3.05, 3.63) is 35.9 Å². The summed E-state index contributed by atoms with van der Waals surface area (Å²) in [4.78, 5) is 13.3. The molecule has 2 atom stereocenters. The van der Waals surface area contributed by atoms with Gasteiger partial charge in [0.2, 0.25) is 10.0 Å². The maximum absolute atomic E-state index is 11.9. The average Bonchev–Trinajstić information content (AvgIpc) is 2.42. The Hall–Kier alpha value is -1.44. The Labute approximate surface area is 131 Å². The van der Waals surface area contributed by atoms with E-state index in [1.807, 2.05) is 37.3 Å². The summed E-state index contributed by atoms with van der Waals surface area (Å²) in [6, 6.07) is 9.21. The number of sulfonamides is 1. The van der Waals surface area contributed by atoms with Crippen molar-refractivity contribution in [2.45, 2.75) is 32.0 Å². The van der Waals surface area contributed by atoms with Gasteiger partial charge in [-0.15, -0.1) is 0 Å². The molecular formula is C15H22N2O4S. The summed E-state index contributed by atoms with van der Waals surface area (Å²) in [5.74, 6) is -0.980. The highest BCUT2D eigenvalue weighted by Gasteiger charge is 2.39. The van der Waals surface area contributed by atoms with E-state index in [0.29, 0.717) is 19.6 Å². The SMILES string of the molecule is C[C@@H]1[C@H](CC(=O)O)N(S(C)(=O)=O)CCN1Cc1ccccc1. The first-order chi connectivity index (χ1) is 10.3. The summed E-state index contributed by atoms with van der Waals surface area (Å²) in [6.07, 6.45) is 0.959. The molecule has 1 aliphatic rings. The first-order valence-electron chi connectivity index (χ1n) is 7.25. The lowest BCUT2D eigenvalue weighted by atomic mass is 10.0. The van der Waals surface area contributed by atoms with Crippen LogP contribution in [0, 0.1) is 0 Å². The van der Waals surface area contributed by atoms with Gasteiger partial charge in [0.25, 0.3) is 0 Å². The predicted octanol–water partition coefficient (Wildman–Crippen LogP) is 0.996. The molecule has 1 aromatic carbocycles. The molecule has 1 aliphatic heterocycles. The molecule has 1 heterocycles. The Morgan fingerprint density at radius 3 is 2.45 bits per heavy atom. The zero-order valence-electron chi connectivity index (χ0n) is 12.8. The monoisotopic (exact) mass is 326 g/mol. The third-order valence-electron chi connectivity index (χ3n) is 4.15. The Kier molecular flexibility index (Phi) is 5.20. The second kappa shape index (κ2) is 6.76. The van der Waals surface area contributed by atoms with Crippen molar-refractivity contribution in [3.63, 3.8) is 0 Å². The molecule has 6 nitrogen and oxygen atoms in total. The van der Waals surface area contributed by atoms with Crippen molar-refractivity contribution >= 4 is 16.0 Å². The quantitative estimate of drug-likeness (QED) is 0.873. The smallest absolute Gasteiger partial charge is 0.305 e. The van der Waals surface area contributed by atoms with Crippen molar-refractivity contribution in [2.24, 2.45) is 0 Å². The van der Waals surface area contributed by atoms with Crippen molar-refractivity contribution in [2.75, 3.05) is 19.3 Å². The summed E-state index contributed by atoms with van der Waals surface area (Å²) < 4.78 is 25.1. The Balaban J connectivity index is 2.18. The molecule has 0 radical (unpaired) electrons. The summed E-state index contributed by atoms with van der Waals surface area (Å²) in [7, 11) is -3.41. The average molecular weight is 326 g/mol. The lowest BCUT2D eigenvalue weighted by molar-refractivity contribution is -0.139. The number of piperazine rings is 1. The van der Waals surface area contributed by atoms with Gasteiger partial charge in [0.15, 0.2) is 0 Å². The molecule has 1 aromatic rings. The highest BCUT2D eigenvalue weighted by molar-refractivity contribution is 7.88.